The van der Waals surface area contributed by atoms with E-state index in [9.17, 15) is 10.1 Å². The van der Waals surface area contributed by atoms with E-state index in [0.717, 1.165) is 46.4 Å². The molecule has 0 spiro atoms. The Balaban J connectivity index is 1.36. The van der Waals surface area contributed by atoms with Crippen LogP contribution >= 0.6 is 0 Å². The summed E-state index contributed by atoms with van der Waals surface area (Å²) in [5.41, 5.74) is 11.4. The molecular weight excluding hydrogens is 474 g/mol. The molecule has 8 nitrogen and oxygen atoms in total. The number of nitrogens with two attached hydrogens (primary N) is 1. The first-order valence-electron chi connectivity index (χ1n) is 15.2. The normalized spacial score (nSPS) is 17.7. The van der Waals surface area contributed by atoms with Gasteiger partial charge in [0.1, 0.15) is 17.5 Å². The number of carbonyl (C=O) groups excluding carboxylic acids is 1. The minimum absolute atomic E-state index is 0.00643. The van der Waals surface area contributed by atoms with Crippen LogP contribution < -0.4 is 5.73 Å². The summed E-state index contributed by atoms with van der Waals surface area (Å²) in [6.45, 7) is -2.61. The van der Waals surface area contributed by atoms with E-state index in [2.05, 4.69) is 44.6 Å². The van der Waals surface area contributed by atoms with Gasteiger partial charge in [-0.2, -0.15) is 5.26 Å². The van der Waals surface area contributed by atoms with Gasteiger partial charge < -0.3 is 15.2 Å². The lowest BCUT2D eigenvalue weighted by molar-refractivity contribution is 0.0827. The van der Waals surface area contributed by atoms with E-state index in [1.807, 2.05) is 19.2 Å². The second-order valence-corrected chi connectivity index (χ2v) is 9.34. The number of anilines is 1. The minimum atomic E-state index is -3.10. The molecule has 0 saturated heterocycles. The number of benzene rings is 1. The number of hydrogen-bond donors (Lipinski definition) is 1. The van der Waals surface area contributed by atoms with E-state index in [-0.39, 0.29) is 28.0 Å². The van der Waals surface area contributed by atoms with E-state index >= 15 is 0 Å². The first-order chi connectivity index (χ1) is 20.7. The first kappa shape index (κ1) is 18.7. The van der Waals surface area contributed by atoms with Crippen molar-refractivity contribution in [3.05, 3.63) is 83.3 Å². The van der Waals surface area contributed by atoms with Crippen molar-refractivity contribution < 1.29 is 13.0 Å². The smallest absolute Gasteiger partial charge is 0.253 e. The number of amides is 1. The highest BCUT2D eigenvalue weighted by Crippen LogP contribution is 2.35. The van der Waals surface area contributed by atoms with Crippen LogP contribution in [0.4, 0.5) is 5.82 Å². The molecule has 0 aliphatic carbocycles. The number of aryl methyl sites for hydroxylation is 1. The number of fused-ring (bicyclic) bond motifs is 1. The molecule has 1 aromatic carbocycles. The Hall–Kier alpha value is -4.48. The maximum Gasteiger partial charge on any atom is 0.253 e. The Morgan fingerprint density at radius 2 is 1.97 bits per heavy atom. The fraction of sp³-hybridized carbons (Fsp3) is 0.267. The Morgan fingerprint density at radius 1 is 1.18 bits per heavy atom. The van der Waals surface area contributed by atoms with E-state index in [1.165, 1.54) is 12.1 Å². The van der Waals surface area contributed by atoms with Crippen LogP contribution in [0.1, 0.15) is 54.9 Å². The number of nitrogen functional groups attached to an aromatic ring is 1. The van der Waals surface area contributed by atoms with E-state index in [0.29, 0.717) is 12.1 Å². The third-order valence-electron chi connectivity index (χ3n) is 7.20. The average molecular weight is 512 g/mol. The van der Waals surface area contributed by atoms with Crippen LogP contribution in [-0.2, 0) is 7.05 Å². The van der Waals surface area contributed by atoms with Crippen molar-refractivity contribution in [1.82, 2.24) is 24.3 Å². The summed E-state index contributed by atoms with van der Waals surface area (Å²) in [5.74, 6) is -0.785. The van der Waals surface area contributed by atoms with Crippen molar-refractivity contribution >= 4 is 28.3 Å². The lowest BCUT2D eigenvalue weighted by Crippen LogP contribution is -2.32. The second-order valence-electron chi connectivity index (χ2n) is 9.34. The van der Waals surface area contributed by atoms with Crippen LogP contribution in [-0.4, -0.2) is 57.3 Å². The summed E-state index contributed by atoms with van der Waals surface area (Å²) in [6.07, 6.45) is 4.59. The van der Waals surface area contributed by atoms with Gasteiger partial charge >= 0.3 is 0 Å². The highest BCUT2D eigenvalue weighted by Gasteiger charge is 2.24. The summed E-state index contributed by atoms with van der Waals surface area (Å²) in [5, 5.41) is 10.6. The molecule has 0 radical (unpaired) electrons. The van der Waals surface area contributed by atoms with Gasteiger partial charge in [-0.1, -0.05) is 18.2 Å². The van der Waals surface area contributed by atoms with Gasteiger partial charge in [-0.3, -0.25) is 9.69 Å². The Bertz CT molecular complexity index is 1790. The molecule has 4 aromatic rings. The lowest BCUT2D eigenvalue weighted by atomic mass is 9.97. The van der Waals surface area contributed by atoms with Crippen LogP contribution in [0.3, 0.4) is 0 Å². The Morgan fingerprint density at radius 3 is 2.66 bits per heavy atom. The molecule has 8 heteroatoms. The van der Waals surface area contributed by atoms with Gasteiger partial charge in [0.05, 0.1) is 0 Å². The topological polar surface area (TPSA) is 104 Å². The lowest BCUT2D eigenvalue weighted by Gasteiger charge is -2.32. The molecule has 1 aliphatic rings. The monoisotopic (exact) mass is 511 g/mol. The summed E-state index contributed by atoms with van der Waals surface area (Å²) >= 11 is 0. The first-order valence-corrected chi connectivity index (χ1v) is 12.2. The molecule has 1 atom stereocenters. The fourth-order valence-corrected chi connectivity index (χ4v) is 5.09. The van der Waals surface area contributed by atoms with Crippen LogP contribution in [0.25, 0.3) is 27.7 Å². The summed E-state index contributed by atoms with van der Waals surface area (Å²) in [6, 6.07) is 16.0. The Labute approximate surface area is 231 Å². The zero-order chi connectivity index (χ0) is 32.0. The third kappa shape index (κ3) is 4.53. The molecule has 1 amide bonds. The van der Waals surface area contributed by atoms with E-state index in [4.69, 9.17) is 14.0 Å². The number of pyridine rings is 2. The maximum absolute atomic E-state index is 12.8. The molecule has 0 bridgehead atoms. The number of nitrogens with zero attached hydrogens (tertiary/aromatic N) is 6. The molecule has 192 valence electrons. The minimum Gasteiger partial charge on any atom is -0.384 e. The van der Waals surface area contributed by atoms with Gasteiger partial charge in [0.2, 0.25) is 0 Å². The van der Waals surface area contributed by atoms with E-state index in [1.54, 1.807) is 24.4 Å². The second kappa shape index (κ2) is 10.1. The van der Waals surface area contributed by atoms with Crippen molar-refractivity contribution in [2.45, 2.75) is 19.4 Å². The van der Waals surface area contributed by atoms with Crippen LogP contribution in [0.5, 0.6) is 0 Å². The molecule has 1 aliphatic heterocycles. The zero-order valence-corrected chi connectivity index (χ0v) is 21.1. The SMILES string of the molecule is [2H]C([2H])([2H])N(C(=O)c1ccc(C2=CCN([C@@H](C)c3cc4c(-c5ccc(N)nc5C#N)ccnc4n3C)CC2)cc1)C([2H])([2H])[2H]. The average Bonchev–Trinajstić information content (AvgIpc) is 3.32. The number of rotatable bonds is 5. The molecule has 5 rings (SSSR count). The van der Waals surface area contributed by atoms with Crippen molar-refractivity contribution in [2.24, 2.45) is 7.05 Å². The number of aromatic nitrogens is 3. The molecule has 3 aromatic heterocycles. The van der Waals surface area contributed by atoms with Crippen LogP contribution in [0.15, 0.2) is 60.8 Å². The predicted octanol–water partition coefficient (Wildman–Crippen LogP) is 4.64. The fourth-order valence-electron chi connectivity index (χ4n) is 5.09. The summed E-state index contributed by atoms with van der Waals surface area (Å²) in [4.78, 5) is 23.9. The molecule has 2 N–H and O–H groups in total. The maximum atomic E-state index is 12.8. The molecule has 0 unspecified atom stereocenters. The van der Waals surface area contributed by atoms with Crippen molar-refractivity contribution in [3.63, 3.8) is 0 Å². The molecule has 0 saturated carbocycles. The highest BCUT2D eigenvalue weighted by molar-refractivity contribution is 5.95. The van der Waals surface area contributed by atoms with Crippen molar-refractivity contribution in [2.75, 3.05) is 32.8 Å². The van der Waals surface area contributed by atoms with Crippen molar-refractivity contribution in [3.8, 4) is 17.2 Å². The van der Waals surface area contributed by atoms with Crippen LogP contribution in [0.2, 0.25) is 0 Å². The molecule has 0 fully saturated rings. The third-order valence-corrected chi connectivity index (χ3v) is 7.20. The number of nitriles is 1. The molecule has 4 heterocycles. The van der Waals surface area contributed by atoms with Gasteiger partial charge in [-0.25, -0.2) is 9.97 Å². The number of hydrogen-bond acceptors (Lipinski definition) is 6. The largest absolute Gasteiger partial charge is 0.384 e. The van der Waals surface area contributed by atoms with Gasteiger partial charge in [-0.15, -0.1) is 0 Å². The number of carbonyl (C=O) groups is 1. The van der Waals surface area contributed by atoms with Gasteiger partial charge in [0.15, 0.2) is 5.69 Å². The quantitative estimate of drug-likeness (QED) is 0.419. The summed E-state index contributed by atoms with van der Waals surface area (Å²) in [7, 11) is 1.98. The van der Waals surface area contributed by atoms with Gasteiger partial charge in [0, 0.05) is 76.8 Å². The zero-order valence-electron chi connectivity index (χ0n) is 27.1. The molecular formula is C30H31N7O. The standard InChI is InChI=1S/C30H31N7O/c1-19(37-15-12-21(13-16-37)20-5-7-22(8-6-20)30(38)35(2)3)27-17-25-23(11-14-33-29(25)36(27)4)24-9-10-28(32)34-26(24)18-31/h5-12,14,17,19H,13,15-16H2,1-4H3,(H2,32,34)/t19-/m0/s1/i2D3,3D3. The Kier molecular flexibility index (Phi) is 4.98. The van der Waals surface area contributed by atoms with Gasteiger partial charge in [-0.05, 0) is 66.4 Å². The van der Waals surface area contributed by atoms with E-state index < -0.39 is 19.9 Å². The summed E-state index contributed by atoms with van der Waals surface area (Å²) < 4.78 is 47.1. The van der Waals surface area contributed by atoms with Crippen molar-refractivity contribution in [1.29, 1.82) is 5.26 Å². The van der Waals surface area contributed by atoms with Gasteiger partial charge in [0.25, 0.3) is 5.91 Å². The molecule has 38 heavy (non-hydrogen) atoms. The predicted molar refractivity (Wildman–Crippen MR) is 150 cm³/mol. The van der Waals surface area contributed by atoms with Crippen LogP contribution in [0, 0.1) is 11.3 Å². The highest BCUT2D eigenvalue weighted by atomic mass is 16.2.